The molecule has 2 rings (SSSR count). The first-order valence-electron chi connectivity index (χ1n) is 5.18. The molecule has 1 aromatic rings. The minimum atomic E-state index is 0.282. The SMILES string of the molecule is OCC1CCCC1Nc1ccccn1. The Morgan fingerprint density at radius 1 is 1.43 bits per heavy atom. The van der Waals surface area contributed by atoms with Crippen LogP contribution in [-0.2, 0) is 0 Å². The van der Waals surface area contributed by atoms with Crippen LogP contribution < -0.4 is 5.32 Å². The summed E-state index contributed by atoms with van der Waals surface area (Å²) in [6, 6.07) is 6.24. The van der Waals surface area contributed by atoms with Crippen molar-refractivity contribution in [2.24, 2.45) is 5.92 Å². The number of rotatable bonds is 3. The van der Waals surface area contributed by atoms with E-state index in [0.29, 0.717) is 12.0 Å². The summed E-state index contributed by atoms with van der Waals surface area (Å²) in [6.45, 7) is 0.282. The van der Waals surface area contributed by atoms with Crippen LogP contribution in [0.25, 0.3) is 0 Å². The lowest BCUT2D eigenvalue weighted by atomic mass is 10.1. The number of aliphatic hydroxyl groups is 1. The highest BCUT2D eigenvalue weighted by molar-refractivity contribution is 5.35. The molecule has 2 N–H and O–H groups in total. The van der Waals surface area contributed by atoms with Gasteiger partial charge in [0.2, 0.25) is 0 Å². The third-order valence-corrected chi connectivity index (χ3v) is 2.89. The number of anilines is 1. The van der Waals surface area contributed by atoms with Crippen LogP contribution in [0.3, 0.4) is 0 Å². The maximum absolute atomic E-state index is 9.15. The fourth-order valence-electron chi connectivity index (χ4n) is 2.08. The number of aromatic nitrogens is 1. The molecule has 76 valence electrons. The molecule has 1 aliphatic carbocycles. The molecule has 0 radical (unpaired) electrons. The Kier molecular flexibility index (Phi) is 2.99. The molecule has 0 spiro atoms. The molecule has 1 saturated carbocycles. The molecule has 1 aromatic heterocycles. The van der Waals surface area contributed by atoms with Gasteiger partial charge in [-0.3, -0.25) is 0 Å². The van der Waals surface area contributed by atoms with Gasteiger partial charge in [-0.25, -0.2) is 4.98 Å². The third kappa shape index (κ3) is 2.04. The molecule has 0 aliphatic heterocycles. The number of pyridine rings is 1. The van der Waals surface area contributed by atoms with Crippen LogP contribution in [0, 0.1) is 5.92 Å². The Morgan fingerprint density at radius 2 is 2.36 bits per heavy atom. The molecule has 0 amide bonds. The molecule has 0 saturated heterocycles. The van der Waals surface area contributed by atoms with Crippen molar-refractivity contribution in [3.05, 3.63) is 24.4 Å². The minimum Gasteiger partial charge on any atom is -0.396 e. The molecule has 1 aliphatic rings. The summed E-state index contributed by atoms with van der Waals surface area (Å²) in [4.78, 5) is 4.22. The fraction of sp³-hybridized carbons (Fsp3) is 0.545. The highest BCUT2D eigenvalue weighted by Crippen LogP contribution is 2.27. The zero-order valence-corrected chi connectivity index (χ0v) is 8.19. The summed E-state index contributed by atoms with van der Waals surface area (Å²) in [5.41, 5.74) is 0. The van der Waals surface area contributed by atoms with Crippen molar-refractivity contribution < 1.29 is 5.11 Å². The maximum Gasteiger partial charge on any atom is 0.126 e. The predicted molar refractivity (Wildman–Crippen MR) is 56.1 cm³/mol. The highest BCUT2D eigenvalue weighted by atomic mass is 16.3. The molecular weight excluding hydrogens is 176 g/mol. The lowest BCUT2D eigenvalue weighted by Gasteiger charge is -2.19. The molecule has 2 atom stereocenters. The molecule has 1 fully saturated rings. The first-order valence-corrected chi connectivity index (χ1v) is 5.18. The van der Waals surface area contributed by atoms with Gasteiger partial charge in [-0.2, -0.15) is 0 Å². The van der Waals surface area contributed by atoms with Crippen molar-refractivity contribution >= 4 is 5.82 Å². The zero-order chi connectivity index (χ0) is 9.80. The van der Waals surface area contributed by atoms with Gasteiger partial charge in [0.25, 0.3) is 0 Å². The summed E-state index contributed by atoms with van der Waals surface area (Å²) >= 11 is 0. The summed E-state index contributed by atoms with van der Waals surface area (Å²) in [5.74, 6) is 1.31. The predicted octanol–water partition coefficient (Wildman–Crippen LogP) is 1.65. The average molecular weight is 192 g/mol. The molecule has 0 aromatic carbocycles. The summed E-state index contributed by atoms with van der Waals surface area (Å²) in [5, 5.41) is 12.5. The van der Waals surface area contributed by atoms with Gasteiger partial charge in [0.1, 0.15) is 5.82 Å². The van der Waals surface area contributed by atoms with E-state index in [0.717, 1.165) is 18.7 Å². The molecule has 0 bridgehead atoms. The third-order valence-electron chi connectivity index (χ3n) is 2.89. The molecule has 1 heterocycles. The number of nitrogens with zero attached hydrogens (tertiary/aromatic N) is 1. The second-order valence-corrected chi connectivity index (χ2v) is 3.84. The minimum absolute atomic E-state index is 0.282. The highest BCUT2D eigenvalue weighted by Gasteiger charge is 2.26. The van der Waals surface area contributed by atoms with E-state index in [2.05, 4.69) is 10.3 Å². The topological polar surface area (TPSA) is 45.1 Å². The number of hydrogen-bond acceptors (Lipinski definition) is 3. The molecule has 3 heteroatoms. The van der Waals surface area contributed by atoms with Gasteiger partial charge in [0.05, 0.1) is 0 Å². The average Bonchev–Trinajstić information content (AvgIpc) is 2.67. The van der Waals surface area contributed by atoms with Gasteiger partial charge in [-0.15, -0.1) is 0 Å². The van der Waals surface area contributed by atoms with Crippen molar-refractivity contribution in [3.63, 3.8) is 0 Å². The quantitative estimate of drug-likeness (QED) is 0.765. The largest absolute Gasteiger partial charge is 0.396 e. The number of hydrogen-bond donors (Lipinski definition) is 2. The number of nitrogens with one attached hydrogen (secondary N) is 1. The van der Waals surface area contributed by atoms with E-state index in [4.69, 9.17) is 5.11 Å². The Bertz CT molecular complexity index is 276. The lowest BCUT2D eigenvalue weighted by molar-refractivity contribution is 0.222. The van der Waals surface area contributed by atoms with Gasteiger partial charge < -0.3 is 10.4 Å². The van der Waals surface area contributed by atoms with Gasteiger partial charge in [0, 0.05) is 24.8 Å². The van der Waals surface area contributed by atoms with Gasteiger partial charge in [-0.1, -0.05) is 12.5 Å². The van der Waals surface area contributed by atoms with Crippen molar-refractivity contribution in [1.29, 1.82) is 0 Å². The van der Waals surface area contributed by atoms with Crippen molar-refractivity contribution in [1.82, 2.24) is 4.98 Å². The number of aliphatic hydroxyl groups excluding tert-OH is 1. The van der Waals surface area contributed by atoms with Crippen molar-refractivity contribution in [2.45, 2.75) is 25.3 Å². The first kappa shape index (κ1) is 9.46. The van der Waals surface area contributed by atoms with E-state index < -0.39 is 0 Å². The standard InChI is InChI=1S/C11H16N2O/c14-8-9-4-3-5-10(9)13-11-6-1-2-7-12-11/h1-2,6-7,9-10,14H,3-5,8H2,(H,12,13). The van der Waals surface area contributed by atoms with Crippen molar-refractivity contribution in [2.75, 3.05) is 11.9 Å². The Balaban J connectivity index is 1.97. The summed E-state index contributed by atoms with van der Waals surface area (Å²) in [6.07, 6.45) is 5.25. The van der Waals surface area contributed by atoms with Crippen LogP contribution in [0.2, 0.25) is 0 Å². The summed E-state index contributed by atoms with van der Waals surface area (Å²) < 4.78 is 0. The Morgan fingerprint density at radius 3 is 3.07 bits per heavy atom. The second-order valence-electron chi connectivity index (χ2n) is 3.84. The van der Waals surface area contributed by atoms with Gasteiger partial charge in [0.15, 0.2) is 0 Å². The Labute approximate surface area is 84.2 Å². The normalized spacial score (nSPS) is 26.4. The van der Waals surface area contributed by atoms with Crippen LogP contribution in [0.1, 0.15) is 19.3 Å². The van der Waals surface area contributed by atoms with Gasteiger partial charge in [-0.05, 0) is 25.0 Å². The maximum atomic E-state index is 9.15. The first-order chi connectivity index (χ1) is 6.90. The van der Waals surface area contributed by atoms with Crippen LogP contribution in [0.15, 0.2) is 24.4 Å². The zero-order valence-electron chi connectivity index (χ0n) is 8.19. The van der Waals surface area contributed by atoms with Crippen LogP contribution in [0.5, 0.6) is 0 Å². The smallest absolute Gasteiger partial charge is 0.126 e. The lowest BCUT2D eigenvalue weighted by Crippen LogP contribution is -2.26. The van der Waals surface area contributed by atoms with Gasteiger partial charge >= 0.3 is 0 Å². The van der Waals surface area contributed by atoms with E-state index in [-0.39, 0.29) is 6.61 Å². The molecular formula is C11H16N2O. The fourth-order valence-corrected chi connectivity index (χ4v) is 2.08. The van der Waals surface area contributed by atoms with Crippen LogP contribution in [-0.4, -0.2) is 22.7 Å². The second kappa shape index (κ2) is 4.42. The van der Waals surface area contributed by atoms with Crippen LogP contribution >= 0.6 is 0 Å². The molecule has 14 heavy (non-hydrogen) atoms. The summed E-state index contributed by atoms with van der Waals surface area (Å²) in [7, 11) is 0. The molecule has 3 nitrogen and oxygen atoms in total. The van der Waals surface area contributed by atoms with E-state index in [9.17, 15) is 0 Å². The monoisotopic (exact) mass is 192 g/mol. The van der Waals surface area contributed by atoms with E-state index in [1.54, 1.807) is 6.20 Å². The van der Waals surface area contributed by atoms with E-state index >= 15 is 0 Å². The van der Waals surface area contributed by atoms with E-state index in [1.807, 2.05) is 18.2 Å². The van der Waals surface area contributed by atoms with Crippen molar-refractivity contribution in [3.8, 4) is 0 Å². The van der Waals surface area contributed by atoms with E-state index in [1.165, 1.54) is 6.42 Å². The van der Waals surface area contributed by atoms with Crippen LogP contribution in [0.4, 0.5) is 5.82 Å². The molecule has 2 unspecified atom stereocenters. The Hall–Kier alpha value is -1.09.